The fraction of sp³-hybridized carbons (Fsp3) is 0.368. The fourth-order valence-corrected chi connectivity index (χ4v) is 2.86. The third-order valence-electron chi connectivity index (χ3n) is 4.22. The van der Waals surface area contributed by atoms with Crippen LogP contribution < -0.4 is 15.5 Å². The second-order valence-corrected chi connectivity index (χ2v) is 6.01. The molecule has 1 saturated heterocycles. The van der Waals surface area contributed by atoms with Crippen LogP contribution in [-0.2, 0) is 6.54 Å². The van der Waals surface area contributed by atoms with Crippen LogP contribution in [0.2, 0.25) is 0 Å². The van der Waals surface area contributed by atoms with Gasteiger partial charge in [0, 0.05) is 43.6 Å². The van der Waals surface area contributed by atoms with Crippen molar-refractivity contribution in [2.45, 2.75) is 26.3 Å². The molecule has 0 saturated carbocycles. The van der Waals surface area contributed by atoms with Gasteiger partial charge in [0.05, 0.1) is 0 Å². The van der Waals surface area contributed by atoms with Crippen molar-refractivity contribution in [3.05, 3.63) is 53.7 Å². The van der Waals surface area contributed by atoms with E-state index in [1.165, 1.54) is 12.8 Å². The molecule has 0 unspecified atom stereocenters. The maximum absolute atomic E-state index is 11.7. The SMILES string of the molecule is CCNC(=O)c1ccc(NCc2ccc(N3CCCC3)nc2)cc1. The second kappa shape index (κ2) is 7.81. The lowest BCUT2D eigenvalue weighted by Crippen LogP contribution is -2.22. The number of anilines is 2. The molecular weight excluding hydrogens is 300 g/mol. The van der Waals surface area contributed by atoms with Gasteiger partial charge >= 0.3 is 0 Å². The lowest BCUT2D eigenvalue weighted by Gasteiger charge is -2.16. The van der Waals surface area contributed by atoms with Crippen LogP contribution in [0, 0.1) is 0 Å². The Kier molecular flexibility index (Phi) is 5.31. The first-order valence-corrected chi connectivity index (χ1v) is 8.58. The summed E-state index contributed by atoms with van der Waals surface area (Å²) in [4.78, 5) is 18.6. The van der Waals surface area contributed by atoms with Crippen LogP contribution in [0.1, 0.15) is 35.7 Å². The molecule has 0 spiro atoms. The third-order valence-corrected chi connectivity index (χ3v) is 4.22. The molecule has 0 bridgehead atoms. The van der Waals surface area contributed by atoms with Gasteiger partial charge in [-0.05, 0) is 55.7 Å². The lowest BCUT2D eigenvalue weighted by molar-refractivity contribution is 0.0956. The summed E-state index contributed by atoms with van der Waals surface area (Å²) < 4.78 is 0. The zero-order valence-electron chi connectivity index (χ0n) is 14.1. The van der Waals surface area contributed by atoms with E-state index >= 15 is 0 Å². The Morgan fingerprint density at radius 1 is 1.12 bits per heavy atom. The molecule has 1 aromatic heterocycles. The Balaban J connectivity index is 1.54. The summed E-state index contributed by atoms with van der Waals surface area (Å²) in [6.07, 6.45) is 4.46. The molecule has 24 heavy (non-hydrogen) atoms. The van der Waals surface area contributed by atoms with Crippen LogP contribution >= 0.6 is 0 Å². The molecule has 0 radical (unpaired) electrons. The molecule has 1 aliphatic heterocycles. The average molecular weight is 324 g/mol. The van der Waals surface area contributed by atoms with Crippen molar-refractivity contribution in [2.24, 2.45) is 0 Å². The maximum atomic E-state index is 11.7. The maximum Gasteiger partial charge on any atom is 0.251 e. The summed E-state index contributed by atoms with van der Waals surface area (Å²) in [6.45, 7) is 5.50. The number of pyridine rings is 1. The molecule has 0 atom stereocenters. The van der Waals surface area contributed by atoms with Gasteiger partial charge in [0.1, 0.15) is 5.82 Å². The van der Waals surface area contributed by atoms with Crippen molar-refractivity contribution in [1.82, 2.24) is 10.3 Å². The summed E-state index contributed by atoms with van der Waals surface area (Å²) in [6, 6.07) is 11.7. The number of nitrogens with one attached hydrogen (secondary N) is 2. The van der Waals surface area contributed by atoms with Crippen LogP contribution in [0.5, 0.6) is 0 Å². The number of carbonyl (C=O) groups is 1. The first-order valence-electron chi connectivity index (χ1n) is 8.58. The van der Waals surface area contributed by atoms with E-state index in [2.05, 4.69) is 32.7 Å². The Hall–Kier alpha value is -2.56. The van der Waals surface area contributed by atoms with E-state index in [1.54, 1.807) is 0 Å². The van der Waals surface area contributed by atoms with E-state index in [4.69, 9.17) is 0 Å². The average Bonchev–Trinajstić information content (AvgIpc) is 3.16. The van der Waals surface area contributed by atoms with Gasteiger partial charge in [0.25, 0.3) is 5.91 Å². The predicted octanol–water partition coefficient (Wildman–Crippen LogP) is 3.04. The zero-order valence-corrected chi connectivity index (χ0v) is 14.1. The molecule has 1 fully saturated rings. The summed E-state index contributed by atoms with van der Waals surface area (Å²) >= 11 is 0. The Morgan fingerprint density at radius 3 is 2.50 bits per heavy atom. The van der Waals surface area contributed by atoms with Gasteiger partial charge in [-0.3, -0.25) is 4.79 Å². The normalized spacial score (nSPS) is 13.8. The highest BCUT2D eigenvalue weighted by molar-refractivity contribution is 5.94. The highest BCUT2D eigenvalue weighted by atomic mass is 16.1. The van der Waals surface area contributed by atoms with Gasteiger partial charge in [0.2, 0.25) is 0 Å². The number of carbonyl (C=O) groups excluding carboxylic acids is 1. The van der Waals surface area contributed by atoms with E-state index < -0.39 is 0 Å². The Labute approximate surface area is 143 Å². The first kappa shape index (κ1) is 16.3. The molecule has 5 nitrogen and oxygen atoms in total. The van der Waals surface area contributed by atoms with Crippen LogP contribution in [0.3, 0.4) is 0 Å². The third kappa shape index (κ3) is 4.04. The quantitative estimate of drug-likeness (QED) is 0.857. The van der Waals surface area contributed by atoms with Crippen molar-refractivity contribution in [1.29, 1.82) is 0 Å². The van der Waals surface area contributed by atoms with Gasteiger partial charge < -0.3 is 15.5 Å². The summed E-state index contributed by atoms with van der Waals surface area (Å²) in [5.74, 6) is 1.04. The predicted molar refractivity (Wildman–Crippen MR) is 97.5 cm³/mol. The molecule has 3 rings (SSSR count). The summed E-state index contributed by atoms with van der Waals surface area (Å²) in [5.41, 5.74) is 2.82. The van der Waals surface area contributed by atoms with Gasteiger partial charge in [-0.1, -0.05) is 6.07 Å². The second-order valence-electron chi connectivity index (χ2n) is 6.01. The molecule has 1 aliphatic rings. The van der Waals surface area contributed by atoms with E-state index in [0.717, 1.165) is 30.2 Å². The topological polar surface area (TPSA) is 57.3 Å². The number of nitrogens with zero attached hydrogens (tertiary/aromatic N) is 2. The van der Waals surface area contributed by atoms with Crippen LogP contribution in [0.15, 0.2) is 42.6 Å². The summed E-state index contributed by atoms with van der Waals surface area (Å²) in [5, 5.41) is 6.16. The van der Waals surface area contributed by atoms with Gasteiger partial charge in [-0.25, -0.2) is 4.98 Å². The number of benzene rings is 1. The van der Waals surface area contributed by atoms with Crippen molar-refractivity contribution in [3.63, 3.8) is 0 Å². The Morgan fingerprint density at radius 2 is 1.88 bits per heavy atom. The monoisotopic (exact) mass is 324 g/mol. The molecule has 2 N–H and O–H groups in total. The number of hydrogen-bond acceptors (Lipinski definition) is 4. The van der Waals surface area contributed by atoms with Crippen molar-refractivity contribution >= 4 is 17.4 Å². The molecule has 5 heteroatoms. The van der Waals surface area contributed by atoms with Crippen LogP contribution in [0.25, 0.3) is 0 Å². The lowest BCUT2D eigenvalue weighted by atomic mass is 10.2. The van der Waals surface area contributed by atoms with Crippen LogP contribution in [0.4, 0.5) is 11.5 Å². The smallest absolute Gasteiger partial charge is 0.251 e. The van der Waals surface area contributed by atoms with Gasteiger partial charge in [-0.15, -0.1) is 0 Å². The van der Waals surface area contributed by atoms with E-state index in [0.29, 0.717) is 18.7 Å². The van der Waals surface area contributed by atoms with Crippen molar-refractivity contribution in [3.8, 4) is 0 Å². The first-order chi connectivity index (χ1) is 11.8. The molecule has 1 aromatic carbocycles. The molecular formula is C19H24N4O. The molecule has 2 aromatic rings. The highest BCUT2D eigenvalue weighted by Gasteiger charge is 2.12. The molecule has 1 amide bonds. The summed E-state index contributed by atoms with van der Waals surface area (Å²) in [7, 11) is 0. The van der Waals surface area contributed by atoms with E-state index in [9.17, 15) is 4.79 Å². The molecule has 0 aliphatic carbocycles. The minimum absolute atomic E-state index is 0.0363. The van der Waals surface area contributed by atoms with Crippen molar-refractivity contribution < 1.29 is 4.79 Å². The number of aromatic nitrogens is 1. The zero-order chi connectivity index (χ0) is 16.8. The van der Waals surface area contributed by atoms with Crippen LogP contribution in [-0.4, -0.2) is 30.5 Å². The fourth-order valence-electron chi connectivity index (χ4n) is 2.86. The standard InChI is InChI=1S/C19H24N4O/c1-2-20-19(24)16-6-8-17(9-7-16)21-13-15-5-10-18(22-14-15)23-11-3-4-12-23/h5-10,14,21H,2-4,11-13H2,1H3,(H,20,24). The number of rotatable bonds is 6. The van der Waals surface area contributed by atoms with Gasteiger partial charge in [0.15, 0.2) is 0 Å². The van der Waals surface area contributed by atoms with E-state index in [-0.39, 0.29) is 5.91 Å². The molecule has 2 heterocycles. The van der Waals surface area contributed by atoms with E-state index in [1.807, 2.05) is 37.4 Å². The largest absolute Gasteiger partial charge is 0.381 e. The molecule has 126 valence electrons. The van der Waals surface area contributed by atoms with Gasteiger partial charge in [-0.2, -0.15) is 0 Å². The number of amides is 1. The van der Waals surface area contributed by atoms with Crippen molar-refractivity contribution in [2.75, 3.05) is 29.9 Å². The minimum Gasteiger partial charge on any atom is -0.381 e. The minimum atomic E-state index is -0.0363. The number of hydrogen-bond donors (Lipinski definition) is 2. The Bertz CT molecular complexity index is 661. The highest BCUT2D eigenvalue weighted by Crippen LogP contribution is 2.18.